The average Bonchev–Trinajstić information content (AvgIpc) is 2.59. The zero-order valence-electron chi connectivity index (χ0n) is 14.5. The molecule has 1 amide bonds. The van der Waals surface area contributed by atoms with Gasteiger partial charge in [0.1, 0.15) is 0 Å². The Hall–Kier alpha value is -1.68. The van der Waals surface area contributed by atoms with Crippen molar-refractivity contribution in [3.05, 3.63) is 58.3 Å². The highest BCUT2D eigenvalue weighted by molar-refractivity contribution is 14.0. The number of pyridine rings is 1. The molecule has 0 bridgehead atoms. The molecule has 1 aromatic carbocycles. The third-order valence-corrected chi connectivity index (χ3v) is 4.00. The molecule has 4 N–H and O–H groups in total. The van der Waals surface area contributed by atoms with Crippen LogP contribution in [0.5, 0.6) is 0 Å². The zero-order chi connectivity index (χ0) is 18.1. The van der Waals surface area contributed by atoms with Gasteiger partial charge in [0.25, 0.3) is 0 Å². The lowest BCUT2D eigenvalue weighted by Crippen LogP contribution is -2.33. The number of carbonyl (C=O) groups excluding carboxylic acids is 1. The topological polar surface area (TPSA) is 92.4 Å². The minimum absolute atomic E-state index is 0. The molecular weight excluding hydrogens is 509 g/mol. The molecule has 0 saturated heterocycles. The van der Waals surface area contributed by atoms with Gasteiger partial charge >= 0.3 is 0 Å². The highest BCUT2D eigenvalue weighted by Crippen LogP contribution is 2.20. The molecule has 0 aliphatic carbocycles. The Morgan fingerprint density at radius 3 is 2.85 bits per heavy atom. The first-order chi connectivity index (χ1) is 12.0. The predicted octanol–water partition coefficient (Wildman–Crippen LogP) is 3.25. The van der Waals surface area contributed by atoms with E-state index in [0.29, 0.717) is 19.0 Å². The Labute approximate surface area is 179 Å². The number of benzene rings is 1. The number of rotatable bonds is 7. The van der Waals surface area contributed by atoms with E-state index in [1.54, 1.807) is 6.20 Å². The number of halogens is 2. The van der Waals surface area contributed by atoms with E-state index in [4.69, 9.17) is 5.73 Å². The third kappa shape index (κ3) is 8.13. The Morgan fingerprint density at radius 2 is 2.12 bits per heavy atom. The standard InChI is InChI=1S/C18H22BrN5O.HI/c1-13-5-6-14(19)12-16(13)24-17(25)8-11-23-18(20)22-10-7-15-4-2-3-9-21-15;/h2-6,9,12H,7-8,10-11H2,1H3,(H,24,25)(H3,20,22,23);1H. The van der Waals surface area contributed by atoms with E-state index in [9.17, 15) is 4.79 Å². The molecule has 26 heavy (non-hydrogen) atoms. The van der Waals surface area contributed by atoms with Gasteiger partial charge in [-0.3, -0.25) is 14.8 Å². The minimum atomic E-state index is -0.0914. The first-order valence-electron chi connectivity index (χ1n) is 8.04. The van der Waals surface area contributed by atoms with Crippen molar-refractivity contribution in [2.45, 2.75) is 19.8 Å². The number of aromatic nitrogens is 1. The fraction of sp³-hybridized carbons (Fsp3) is 0.278. The fourth-order valence-electron chi connectivity index (χ4n) is 2.14. The summed E-state index contributed by atoms with van der Waals surface area (Å²) < 4.78 is 0.924. The molecule has 1 aromatic heterocycles. The van der Waals surface area contributed by atoms with Crippen LogP contribution in [0.3, 0.4) is 0 Å². The van der Waals surface area contributed by atoms with Gasteiger partial charge in [0.15, 0.2) is 5.96 Å². The van der Waals surface area contributed by atoms with Gasteiger partial charge in [-0.05, 0) is 36.8 Å². The van der Waals surface area contributed by atoms with Crippen LogP contribution < -0.4 is 16.4 Å². The molecule has 0 atom stereocenters. The second-order valence-electron chi connectivity index (χ2n) is 5.52. The highest BCUT2D eigenvalue weighted by Gasteiger charge is 2.05. The number of aliphatic imine (C=N–C) groups is 1. The second-order valence-corrected chi connectivity index (χ2v) is 6.44. The lowest BCUT2D eigenvalue weighted by Gasteiger charge is -2.08. The van der Waals surface area contributed by atoms with E-state index in [0.717, 1.165) is 27.8 Å². The molecule has 140 valence electrons. The van der Waals surface area contributed by atoms with Gasteiger partial charge in [-0.25, -0.2) is 0 Å². The number of amides is 1. The molecular formula is C18H23BrIN5O. The predicted molar refractivity (Wildman–Crippen MR) is 120 cm³/mol. The monoisotopic (exact) mass is 531 g/mol. The number of nitrogens with two attached hydrogens (primary N) is 1. The maximum atomic E-state index is 12.0. The van der Waals surface area contributed by atoms with Crippen molar-refractivity contribution < 1.29 is 4.79 Å². The summed E-state index contributed by atoms with van der Waals surface area (Å²) in [5.74, 6) is 0.244. The molecule has 6 nitrogen and oxygen atoms in total. The third-order valence-electron chi connectivity index (χ3n) is 3.51. The first kappa shape index (κ1) is 22.4. The number of aryl methyl sites for hydroxylation is 1. The lowest BCUT2D eigenvalue weighted by molar-refractivity contribution is -0.116. The van der Waals surface area contributed by atoms with Crippen molar-refractivity contribution in [1.82, 2.24) is 10.3 Å². The van der Waals surface area contributed by atoms with Crippen LogP contribution in [-0.4, -0.2) is 29.9 Å². The summed E-state index contributed by atoms with van der Waals surface area (Å²) in [6, 6.07) is 11.6. The van der Waals surface area contributed by atoms with Crippen molar-refractivity contribution in [3.8, 4) is 0 Å². The Morgan fingerprint density at radius 1 is 1.31 bits per heavy atom. The minimum Gasteiger partial charge on any atom is -0.370 e. The molecule has 0 spiro atoms. The van der Waals surface area contributed by atoms with Crippen molar-refractivity contribution in [1.29, 1.82) is 0 Å². The van der Waals surface area contributed by atoms with Gasteiger partial charge in [0.05, 0.1) is 6.54 Å². The molecule has 1 heterocycles. The summed E-state index contributed by atoms with van der Waals surface area (Å²) in [6.07, 6.45) is 2.80. The lowest BCUT2D eigenvalue weighted by atomic mass is 10.2. The van der Waals surface area contributed by atoms with Gasteiger partial charge in [-0.15, -0.1) is 24.0 Å². The average molecular weight is 532 g/mol. The zero-order valence-corrected chi connectivity index (χ0v) is 18.5. The molecule has 0 unspecified atom stereocenters. The first-order valence-corrected chi connectivity index (χ1v) is 8.83. The number of hydrogen-bond acceptors (Lipinski definition) is 3. The summed E-state index contributed by atoms with van der Waals surface area (Å²) >= 11 is 3.40. The van der Waals surface area contributed by atoms with E-state index < -0.39 is 0 Å². The largest absolute Gasteiger partial charge is 0.370 e. The van der Waals surface area contributed by atoms with Gasteiger partial charge < -0.3 is 16.4 Å². The smallest absolute Gasteiger partial charge is 0.226 e. The number of anilines is 1. The number of carbonyl (C=O) groups is 1. The molecule has 2 aromatic rings. The summed E-state index contributed by atoms with van der Waals surface area (Å²) in [5, 5.41) is 5.90. The van der Waals surface area contributed by atoms with Crippen molar-refractivity contribution in [2.24, 2.45) is 10.7 Å². The van der Waals surface area contributed by atoms with Crippen molar-refractivity contribution in [2.75, 3.05) is 18.4 Å². The number of nitrogens with zero attached hydrogens (tertiary/aromatic N) is 2. The van der Waals surface area contributed by atoms with Crippen molar-refractivity contribution in [3.63, 3.8) is 0 Å². The normalized spacial score (nSPS) is 10.8. The SMILES string of the molecule is Cc1ccc(Br)cc1NC(=O)CCN=C(N)NCCc1ccccn1.I. The number of hydrogen-bond donors (Lipinski definition) is 3. The molecule has 0 saturated carbocycles. The van der Waals surface area contributed by atoms with Gasteiger partial charge in [-0.2, -0.15) is 0 Å². The van der Waals surface area contributed by atoms with E-state index in [1.807, 2.05) is 43.3 Å². The van der Waals surface area contributed by atoms with Crippen LogP contribution in [0.2, 0.25) is 0 Å². The number of guanidine groups is 1. The summed E-state index contributed by atoms with van der Waals surface area (Å²) in [4.78, 5) is 20.4. The van der Waals surface area contributed by atoms with Crippen LogP contribution in [0, 0.1) is 6.92 Å². The van der Waals surface area contributed by atoms with E-state index in [2.05, 4.69) is 36.5 Å². The van der Waals surface area contributed by atoms with Crippen LogP contribution in [0.25, 0.3) is 0 Å². The van der Waals surface area contributed by atoms with E-state index >= 15 is 0 Å². The van der Waals surface area contributed by atoms with Crippen LogP contribution in [0.4, 0.5) is 5.69 Å². The van der Waals surface area contributed by atoms with Crippen LogP contribution in [-0.2, 0) is 11.2 Å². The Balaban J connectivity index is 0.00000338. The Kier molecular flexibility index (Phi) is 10.2. The molecule has 8 heteroatoms. The van der Waals surface area contributed by atoms with E-state index in [-0.39, 0.29) is 36.3 Å². The van der Waals surface area contributed by atoms with Crippen LogP contribution >= 0.6 is 39.9 Å². The Bertz CT molecular complexity index is 740. The summed E-state index contributed by atoms with van der Waals surface area (Å²) in [7, 11) is 0. The van der Waals surface area contributed by atoms with Crippen molar-refractivity contribution >= 4 is 57.5 Å². The second kappa shape index (κ2) is 11.8. The number of nitrogens with one attached hydrogen (secondary N) is 2. The maximum Gasteiger partial charge on any atom is 0.226 e. The van der Waals surface area contributed by atoms with Crippen LogP contribution in [0.1, 0.15) is 17.7 Å². The van der Waals surface area contributed by atoms with Gasteiger partial charge in [-0.1, -0.05) is 28.1 Å². The summed E-state index contributed by atoms with van der Waals surface area (Å²) in [6.45, 7) is 2.93. The van der Waals surface area contributed by atoms with Gasteiger partial charge in [0, 0.05) is 41.4 Å². The molecule has 0 fully saturated rings. The molecule has 0 aliphatic heterocycles. The maximum absolute atomic E-state index is 12.0. The quantitative estimate of drug-likeness (QED) is 0.290. The summed E-state index contributed by atoms with van der Waals surface area (Å²) in [5.41, 5.74) is 8.60. The van der Waals surface area contributed by atoms with Gasteiger partial charge in [0.2, 0.25) is 5.91 Å². The van der Waals surface area contributed by atoms with Crippen LogP contribution in [0.15, 0.2) is 52.1 Å². The molecule has 0 radical (unpaired) electrons. The fourth-order valence-corrected chi connectivity index (χ4v) is 2.50. The van der Waals surface area contributed by atoms with E-state index in [1.165, 1.54) is 0 Å². The molecule has 2 rings (SSSR count). The highest BCUT2D eigenvalue weighted by atomic mass is 127. The molecule has 0 aliphatic rings.